The highest BCUT2D eigenvalue weighted by Crippen LogP contribution is 2.28. The van der Waals surface area contributed by atoms with E-state index in [1.165, 1.54) is 0 Å². The van der Waals surface area contributed by atoms with Gasteiger partial charge in [-0.3, -0.25) is 25.8 Å². The second-order valence-corrected chi connectivity index (χ2v) is 8.58. The van der Waals surface area contributed by atoms with Gasteiger partial charge < -0.3 is 9.47 Å². The van der Waals surface area contributed by atoms with Crippen molar-refractivity contribution in [1.82, 2.24) is 16.2 Å². The number of thiocarbonyl (C=S) groups is 1. The Hall–Kier alpha value is -2.17. The number of benzene rings is 2. The number of amides is 2. The van der Waals surface area contributed by atoms with Gasteiger partial charge in [-0.05, 0) is 77.0 Å². The minimum atomic E-state index is -0.462. The summed E-state index contributed by atoms with van der Waals surface area (Å²) in [4.78, 5) is 24.2. The van der Waals surface area contributed by atoms with E-state index in [2.05, 4.69) is 55.0 Å². The summed E-state index contributed by atoms with van der Waals surface area (Å²) in [5, 5.41) is 2.45. The summed E-state index contributed by atoms with van der Waals surface area (Å²) in [5.41, 5.74) is 5.26. The number of halogens is 2. The van der Waals surface area contributed by atoms with Gasteiger partial charge in [-0.2, -0.15) is 0 Å². The van der Waals surface area contributed by atoms with E-state index in [0.29, 0.717) is 28.1 Å². The Labute approximate surface area is 203 Å². The Kier molecular flexibility index (Phi) is 10.8. The molecule has 0 unspecified atom stereocenters. The van der Waals surface area contributed by atoms with Crippen LogP contribution in [0.3, 0.4) is 0 Å². The summed E-state index contributed by atoms with van der Waals surface area (Å²) in [5.74, 6) is 0.361. The predicted octanol–water partition coefficient (Wildman–Crippen LogP) is 4.50. The van der Waals surface area contributed by atoms with Crippen molar-refractivity contribution >= 4 is 61.0 Å². The van der Waals surface area contributed by atoms with Crippen molar-refractivity contribution < 1.29 is 19.1 Å². The highest BCUT2D eigenvalue weighted by molar-refractivity contribution is 9.11. The predicted molar refractivity (Wildman–Crippen MR) is 130 cm³/mol. The van der Waals surface area contributed by atoms with Crippen molar-refractivity contribution in [2.45, 2.75) is 26.2 Å². The van der Waals surface area contributed by atoms with Gasteiger partial charge in [0.1, 0.15) is 11.5 Å². The molecule has 2 aromatic rings. The quantitative estimate of drug-likeness (QED) is 0.233. The minimum absolute atomic E-state index is 0.0388. The molecule has 0 bridgehead atoms. The molecular formula is C21H23Br2N3O4S. The fraction of sp³-hybridized carbons (Fsp3) is 0.286. The van der Waals surface area contributed by atoms with Gasteiger partial charge in [0.05, 0.1) is 11.1 Å². The third kappa shape index (κ3) is 9.24. The van der Waals surface area contributed by atoms with Gasteiger partial charge in [0.25, 0.3) is 11.8 Å². The maximum absolute atomic E-state index is 12.3. The summed E-state index contributed by atoms with van der Waals surface area (Å²) in [6, 6.07) is 12.1. The van der Waals surface area contributed by atoms with Crippen molar-refractivity contribution in [3.63, 3.8) is 0 Å². The molecule has 0 saturated carbocycles. The van der Waals surface area contributed by atoms with E-state index >= 15 is 0 Å². The molecule has 0 aromatic heterocycles. The van der Waals surface area contributed by atoms with Crippen LogP contribution in [0.5, 0.6) is 11.5 Å². The average Bonchev–Trinajstić information content (AvgIpc) is 2.75. The molecule has 2 amide bonds. The standard InChI is InChI=1S/C21H23Br2N3O4S/c1-2-3-4-11-29-16-8-5-14(6-9-16)20(28)24-21(31)26-25-19(27)13-30-18-10-7-15(22)12-17(18)23/h5-10,12H,2-4,11,13H2,1H3,(H,25,27)(H2,24,26,28,31). The molecule has 0 spiro atoms. The van der Waals surface area contributed by atoms with Gasteiger partial charge in [-0.1, -0.05) is 35.7 Å². The van der Waals surface area contributed by atoms with Crippen molar-refractivity contribution in [3.05, 3.63) is 57.0 Å². The second-order valence-electron chi connectivity index (χ2n) is 6.40. The van der Waals surface area contributed by atoms with Crippen LogP contribution in [0.2, 0.25) is 0 Å². The van der Waals surface area contributed by atoms with Crippen LogP contribution in [-0.4, -0.2) is 30.1 Å². The minimum Gasteiger partial charge on any atom is -0.494 e. The fourth-order valence-corrected chi connectivity index (χ4v) is 3.65. The van der Waals surface area contributed by atoms with Gasteiger partial charge in [-0.15, -0.1) is 0 Å². The van der Waals surface area contributed by atoms with E-state index in [4.69, 9.17) is 21.7 Å². The number of carbonyl (C=O) groups is 2. The van der Waals surface area contributed by atoms with Gasteiger partial charge in [-0.25, -0.2) is 0 Å². The first-order chi connectivity index (χ1) is 14.9. The molecule has 31 heavy (non-hydrogen) atoms. The molecule has 3 N–H and O–H groups in total. The normalized spacial score (nSPS) is 10.2. The van der Waals surface area contributed by atoms with Crippen LogP contribution in [0.25, 0.3) is 0 Å². The maximum atomic E-state index is 12.3. The van der Waals surface area contributed by atoms with Gasteiger partial charge in [0, 0.05) is 10.0 Å². The number of ether oxygens (including phenoxy) is 2. The Morgan fingerprint density at radius 1 is 1.00 bits per heavy atom. The Balaban J connectivity index is 1.71. The van der Waals surface area contributed by atoms with Crippen LogP contribution in [-0.2, 0) is 4.79 Å². The second kappa shape index (κ2) is 13.3. The van der Waals surface area contributed by atoms with E-state index in [0.717, 1.165) is 23.7 Å². The zero-order valence-corrected chi connectivity index (χ0v) is 20.9. The largest absolute Gasteiger partial charge is 0.494 e. The van der Waals surface area contributed by atoms with Gasteiger partial charge in [0.2, 0.25) is 0 Å². The molecule has 166 valence electrons. The first kappa shape index (κ1) is 25.1. The van der Waals surface area contributed by atoms with Crippen molar-refractivity contribution in [2.75, 3.05) is 13.2 Å². The zero-order chi connectivity index (χ0) is 22.6. The molecule has 0 radical (unpaired) electrons. The van der Waals surface area contributed by atoms with Crippen LogP contribution in [0.1, 0.15) is 36.5 Å². The van der Waals surface area contributed by atoms with Crippen LogP contribution < -0.4 is 25.6 Å². The molecule has 0 aliphatic rings. The number of hydrogen-bond donors (Lipinski definition) is 3. The number of nitrogens with one attached hydrogen (secondary N) is 3. The maximum Gasteiger partial charge on any atom is 0.276 e. The van der Waals surface area contributed by atoms with Crippen LogP contribution in [0, 0.1) is 0 Å². The van der Waals surface area contributed by atoms with E-state index in [1.807, 2.05) is 0 Å². The van der Waals surface area contributed by atoms with E-state index in [9.17, 15) is 9.59 Å². The summed E-state index contributed by atoms with van der Waals surface area (Å²) in [6.45, 7) is 2.55. The third-order valence-electron chi connectivity index (χ3n) is 3.93. The average molecular weight is 573 g/mol. The molecule has 0 aliphatic carbocycles. The number of hydrazine groups is 1. The summed E-state index contributed by atoms with van der Waals surface area (Å²) in [6.07, 6.45) is 3.25. The van der Waals surface area contributed by atoms with Crippen LogP contribution in [0.15, 0.2) is 51.4 Å². The summed E-state index contributed by atoms with van der Waals surface area (Å²) in [7, 11) is 0. The fourth-order valence-electron chi connectivity index (χ4n) is 2.35. The lowest BCUT2D eigenvalue weighted by atomic mass is 10.2. The first-order valence-corrected chi connectivity index (χ1v) is 11.6. The Bertz CT molecular complexity index is 910. The van der Waals surface area contributed by atoms with Gasteiger partial charge >= 0.3 is 0 Å². The van der Waals surface area contributed by atoms with Crippen LogP contribution >= 0.6 is 44.1 Å². The summed E-state index contributed by atoms with van der Waals surface area (Å²) < 4.78 is 12.6. The number of hydrogen-bond acceptors (Lipinski definition) is 5. The lowest BCUT2D eigenvalue weighted by Gasteiger charge is -2.12. The molecule has 2 aromatic carbocycles. The Morgan fingerprint density at radius 2 is 1.74 bits per heavy atom. The molecule has 0 heterocycles. The van der Waals surface area contributed by atoms with E-state index in [-0.39, 0.29) is 11.7 Å². The Morgan fingerprint density at radius 3 is 2.42 bits per heavy atom. The number of carbonyl (C=O) groups excluding carboxylic acids is 2. The third-order valence-corrected chi connectivity index (χ3v) is 5.25. The SMILES string of the molecule is CCCCCOc1ccc(C(=O)NC(=S)NNC(=O)COc2ccc(Br)cc2Br)cc1. The molecule has 7 nitrogen and oxygen atoms in total. The molecule has 0 atom stereocenters. The van der Waals surface area contributed by atoms with E-state index < -0.39 is 11.8 Å². The van der Waals surface area contributed by atoms with Gasteiger partial charge in [0.15, 0.2) is 11.7 Å². The van der Waals surface area contributed by atoms with Crippen LogP contribution in [0.4, 0.5) is 0 Å². The first-order valence-electron chi connectivity index (χ1n) is 9.60. The van der Waals surface area contributed by atoms with E-state index in [1.54, 1.807) is 42.5 Å². The molecular weight excluding hydrogens is 550 g/mol. The van der Waals surface area contributed by atoms with Crippen molar-refractivity contribution in [2.24, 2.45) is 0 Å². The molecule has 10 heteroatoms. The lowest BCUT2D eigenvalue weighted by Crippen LogP contribution is -2.49. The molecule has 2 rings (SSSR count). The number of unbranched alkanes of at least 4 members (excludes halogenated alkanes) is 2. The molecule has 0 aliphatic heterocycles. The lowest BCUT2D eigenvalue weighted by molar-refractivity contribution is -0.123. The number of rotatable bonds is 9. The highest BCUT2D eigenvalue weighted by Gasteiger charge is 2.10. The zero-order valence-electron chi connectivity index (χ0n) is 16.9. The van der Waals surface area contributed by atoms with Crippen molar-refractivity contribution in [1.29, 1.82) is 0 Å². The molecule has 0 saturated heterocycles. The monoisotopic (exact) mass is 571 g/mol. The topological polar surface area (TPSA) is 88.7 Å². The van der Waals surface area contributed by atoms with Crippen molar-refractivity contribution in [3.8, 4) is 11.5 Å². The molecule has 0 fully saturated rings. The smallest absolute Gasteiger partial charge is 0.276 e. The highest BCUT2D eigenvalue weighted by atomic mass is 79.9. The summed E-state index contributed by atoms with van der Waals surface area (Å²) >= 11 is 11.7.